The quantitative estimate of drug-likeness (QED) is 0.556. The lowest BCUT2D eigenvalue weighted by Gasteiger charge is -2.11. The third-order valence-electron chi connectivity index (χ3n) is 4.30. The maximum absolute atomic E-state index is 12.8. The van der Waals surface area contributed by atoms with Crippen LogP contribution in [0.15, 0.2) is 77.0 Å². The first kappa shape index (κ1) is 19.7. The summed E-state index contributed by atoms with van der Waals surface area (Å²) in [6.45, 7) is 0.272. The van der Waals surface area contributed by atoms with E-state index in [-0.39, 0.29) is 30.0 Å². The van der Waals surface area contributed by atoms with Gasteiger partial charge in [-0.05, 0) is 23.8 Å². The summed E-state index contributed by atoms with van der Waals surface area (Å²) < 4.78 is 2.87. The molecule has 3 heterocycles. The largest absolute Gasteiger partial charge is 0.503 e. The van der Waals surface area contributed by atoms with Crippen LogP contribution < -0.4 is 11.0 Å². The van der Waals surface area contributed by atoms with Crippen molar-refractivity contribution in [1.29, 1.82) is 0 Å². The number of hydrogen-bond acceptors (Lipinski definition) is 4. The van der Waals surface area contributed by atoms with Crippen molar-refractivity contribution in [2.24, 2.45) is 0 Å². The Morgan fingerprint density at radius 2 is 1.93 bits per heavy atom. The van der Waals surface area contributed by atoms with Crippen LogP contribution in [0.5, 0.6) is 5.75 Å². The van der Waals surface area contributed by atoms with E-state index in [1.54, 1.807) is 48.9 Å². The highest BCUT2D eigenvalue weighted by Crippen LogP contribution is 2.19. The van der Waals surface area contributed by atoms with E-state index in [9.17, 15) is 14.7 Å². The Labute approximate surface area is 170 Å². The third-order valence-corrected chi connectivity index (χ3v) is 4.53. The molecular weight excluding hydrogens is 401 g/mol. The van der Waals surface area contributed by atoms with Crippen LogP contribution in [0, 0.1) is 0 Å². The van der Waals surface area contributed by atoms with Crippen molar-refractivity contribution in [3.8, 4) is 16.9 Å². The first-order valence-corrected chi connectivity index (χ1v) is 8.54. The molecule has 0 aliphatic heterocycles. The minimum absolute atomic E-state index is 0. The SMILES string of the molecule is Cl.O=c1c(-c2cccnc2)cn2ccn(Cc3cccc(Cl)c3)c(=O)c2c1O. The molecule has 0 saturated heterocycles. The molecule has 4 aromatic rings. The number of aromatic nitrogens is 3. The first-order chi connectivity index (χ1) is 13.0. The van der Waals surface area contributed by atoms with E-state index in [0.717, 1.165) is 5.56 Å². The van der Waals surface area contributed by atoms with Crippen molar-refractivity contribution in [3.63, 3.8) is 0 Å². The van der Waals surface area contributed by atoms with Gasteiger partial charge in [0, 0.05) is 41.6 Å². The number of rotatable bonds is 3. The molecule has 0 spiro atoms. The Kier molecular flexibility index (Phi) is 5.53. The van der Waals surface area contributed by atoms with E-state index >= 15 is 0 Å². The molecule has 28 heavy (non-hydrogen) atoms. The number of fused-ring (bicyclic) bond motifs is 1. The van der Waals surface area contributed by atoms with Gasteiger partial charge in [-0.2, -0.15) is 0 Å². The molecule has 3 aromatic heterocycles. The van der Waals surface area contributed by atoms with Crippen molar-refractivity contribution in [1.82, 2.24) is 14.0 Å². The molecule has 1 N–H and O–H groups in total. The van der Waals surface area contributed by atoms with Crippen molar-refractivity contribution in [2.45, 2.75) is 6.54 Å². The molecule has 142 valence electrons. The average molecular weight is 416 g/mol. The molecule has 0 atom stereocenters. The summed E-state index contributed by atoms with van der Waals surface area (Å²) in [5.41, 5.74) is 0.519. The summed E-state index contributed by atoms with van der Waals surface area (Å²) >= 11 is 5.99. The molecule has 0 saturated carbocycles. The summed E-state index contributed by atoms with van der Waals surface area (Å²) in [6, 6.07) is 10.6. The highest BCUT2D eigenvalue weighted by Gasteiger charge is 2.15. The Morgan fingerprint density at radius 3 is 2.64 bits per heavy atom. The second-order valence-corrected chi connectivity index (χ2v) is 6.52. The van der Waals surface area contributed by atoms with E-state index in [0.29, 0.717) is 10.6 Å². The monoisotopic (exact) mass is 415 g/mol. The van der Waals surface area contributed by atoms with Gasteiger partial charge in [0.25, 0.3) is 5.56 Å². The van der Waals surface area contributed by atoms with Gasteiger partial charge in [0.2, 0.25) is 5.43 Å². The summed E-state index contributed by atoms with van der Waals surface area (Å²) in [6.07, 6.45) is 7.88. The third kappa shape index (κ3) is 3.52. The fourth-order valence-corrected chi connectivity index (χ4v) is 3.20. The van der Waals surface area contributed by atoms with Crippen LogP contribution in [0.1, 0.15) is 5.56 Å². The van der Waals surface area contributed by atoms with Gasteiger partial charge < -0.3 is 14.1 Å². The lowest BCUT2D eigenvalue weighted by atomic mass is 10.1. The predicted octanol–water partition coefficient (Wildman–Crippen LogP) is 3.35. The lowest BCUT2D eigenvalue weighted by Crippen LogP contribution is -2.24. The van der Waals surface area contributed by atoms with Gasteiger partial charge >= 0.3 is 0 Å². The molecular formula is C20H15Cl2N3O3. The zero-order valence-corrected chi connectivity index (χ0v) is 16.0. The van der Waals surface area contributed by atoms with Crippen molar-refractivity contribution < 1.29 is 5.11 Å². The summed E-state index contributed by atoms with van der Waals surface area (Å²) in [5.74, 6) is -0.582. The Morgan fingerprint density at radius 1 is 1.11 bits per heavy atom. The fourth-order valence-electron chi connectivity index (χ4n) is 2.99. The first-order valence-electron chi connectivity index (χ1n) is 8.17. The summed E-state index contributed by atoms with van der Waals surface area (Å²) in [4.78, 5) is 29.4. The molecule has 1 aromatic carbocycles. The van der Waals surface area contributed by atoms with E-state index in [4.69, 9.17) is 11.6 Å². The van der Waals surface area contributed by atoms with E-state index in [1.807, 2.05) is 6.07 Å². The number of nitrogens with zero attached hydrogens (tertiary/aromatic N) is 3. The number of pyridine rings is 2. The van der Waals surface area contributed by atoms with Crippen LogP contribution in [-0.2, 0) is 6.54 Å². The van der Waals surface area contributed by atoms with Crippen molar-refractivity contribution in [3.05, 3.63) is 98.5 Å². The molecule has 4 rings (SSSR count). The van der Waals surface area contributed by atoms with E-state index in [1.165, 1.54) is 21.4 Å². The second kappa shape index (κ2) is 7.88. The topological polar surface area (TPSA) is 76.6 Å². The lowest BCUT2D eigenvalue weighted by molar-refractivity contribution is 0.472. The zero-order chi connectivity index (χ0) is 19.0. The van der Waals surface area contributed by atoms with Gasteiger partial charge in [-0.3, -0.25) is 14.6 Å². The molecule has 8 heteroatoms. The molecule has 6 nitrogen and oxygen atoms in total. The molecule has 0 bridgehead atoms. The second-order valence-electron chi connectivity index (χ2n) is 6.08. The van der Waals surface area contributed by atoms with Gasteiger partial charge in [0.05, 0.1) is 12.1 Å². The highest BCUT2D eigenvalue weighted by molar-refractivity contribution is 6.30. The number of benzene rings is 1. The average Bonchev–Trinajstić information content (AvgIpc) is 2.67. The van der Waals surface area contributed by atoms with E-state index < -0.39 is 16.7 Å². The standard InChI is InChI=1S/C20H14ClN3O3.ClH/c21-15-5-1-3-13(9-15)11-24-8-7-23-12-16(14-4-2-6-22-10-14)18(25)19(26)17(23)20(24)27;/h1-10,12,26H,11H2;1H. The van der Waals surface area contributed by atoms with Gasteiger partial charge in [0.15, 0.2) is 11.3 Å². The summed E-state index contributed by atoms with van der Waals surface area (Å²) in [5, 5.41) is 11.0. The molecule has 0 radical (unpaired) electrons. The van der Waals surface area contributed by atoms with Gasteiger partial charge in [-0.25, -0.2) is 0 Å². The van der Waals surface area contributed by atoms with Gasteiger partial charge in [0.1, 0.15) is 0 Å². The van der Waals surface area contributed by atoms with Gasteiger partial charge in [-0.15, -0.1) is 12.4 Å². The summed E-state index contributed by atoms with van der Waals surface area (Å²) in [7, 11) is 0. The highest BCUT2D eigenvalue weighted by atomic mass is 35.5. The van der Waals surface area contributed by atoms with Crippen LogP contribution in [0.2, 0.25) is 5.02 Å². The number of aromatic hydroxyl groups is 1. The van der Waals surface area contributed by atoms with Crippen molar-refractivity contribution >= 4 is 29.5 Å². The molecule has 0 aliphatic rings. The molecule has 0 unspecified atom stereocenters. The normalized spacial score (nSPS) is 10.6. The smallest absolute Gasteiger partial charge is 0.279 e. The van der Waals surface area contributed by atoms with Crippen LogP contribution in [0.4, 0.5) is 0 Å². The maximum Gasteiger partial charge on any atom is 0.279 e. The van der Waals surface area contributed by atoms with E-state index in [2.05, 4.69) is 4.98 Å². The number of hydrogen-bond donors (Lipinski definition) is 1. The zero-order valence-electron chi connectivity index (χ0n) is 14.4. The predicted molar refractivity (Wildman–Crippen MR) is 111 cm³/mol. The van der Waals surface area contributed by atoms with Crippen molar-refractivity contribution in [2.75, 3.05) is 0 Å². The molecule has 0 amide bonds. The Hall–Kier alpha value is -3.09. The molecule has 0 aliphatic carbocycles. The Bertz CT molecular complexity index is 1270. The number of halogens is 2. The minimum atomic E-state index is -0.611. The van der Waals surface area contributed by atoms with Crippen LogP contribution in [-0.4, -0.2) is 19.1 Å². The fraction of sp³-hybridized carbons (Fsp3) is 0.0500. The minimum Gasteiger partial charge on any atom is -0.503 e. The van der Waals surface area contributed by atoms with Crippen LogP contribution >= 0.6 is 24.0 Å². The van der Waals surface area contributed by atoms with Gasteiger partial charge in [-0.1, -0.05) is 29.8 Å². The Balaban J connectivity index is 0.00000225. The molecule has 0 fully saturated rings. The van der Waals surface area contributed by atoms with Crippen LogP contribution in [0.3, 0.4) is 0 Å². The van der Waals surface area contributed by atoms with Crippen LogP contribution in [0.25, 0.3) is 16.6 Å². The maximum atomic E-state index is 12.8.